The molecule has 0 aromatic heterocycles. The van der Waals surface area contributed by atoms with E-state index < -0.39 is 6.10 Å². The fourth-order valence-electron chi connectivity index (χ4n) is 3.22. The van der Waals surface area contributed by atoms with Crippen LogP contribution in [0.25, 0.3) is 0 Å². The summed E-state index contributed by atoms with van der Waals surface area (Å²) in [5.41, 5.74) is 7.30. The van der Waals surface area contributed by atoms with Gasteiger partial charge in [0.1, 0.15) is 0 Å². The van der Waals surface area contributed by atoms with Crippen molar-refractivity contribution in [3.05, 3.63) is 35.9 Å². The molecule has 4 heteroatoms. The third-order valence-electron chi connectivity index (χ3n) is 4.47. The summed E-state index contributed by atoms with van der Waals surface area (Å²) in [5, 5.41) is 11.9. The highest BCUT2D eigenvalue weighted by Gasteiger charge is 2.22. The Hall–Kier alpha value is -0.940. The number of benzene rings is 1. The van der Waals surface area contributed by atoms with Gasteiger partial charge in [0.15, 0.2) is 0 Å². The standard InChI is InChI=1S/C17H29N3O/c18-16(11-14-7-3-1-4-8-14)17(21)13-20(19)12-15-9-5-2-6-10-15/h2,5-6,9-10,14,16-17,21H,1,3-4,7-8,11-13,18-19H2/t16-,17-/m0/s1. The maximum atomic E-state index is 10.3. The third kappa shape index (κ3) is 5.75. The van der Waals surface area contributed by atoms with Crippen molar-refractivity contribution in [3.63, 3.8) is 0 Å². The summed E-state index contributed by atoms with van der Waals surface area (Å²) in [6, 6.07) is 9.87. The Balaban J connectivity index is 1.73. The lowest BCUT2D eigenvalue weighted by atomic mass is 9.84. The molecule has 1 fully saturated rings. The Labute approximate surface area is 128 Å². The highest BCUT2D eigenvalue weighted by molar-refractivity contribution is 5.14. The minimum Gasteiger partial charge on any atom is -0.390 e. The molecule has 0 aliphatic heterocycles. The molecule has 21 heavy (non-hydrogen) atoms. The van der Waals surface area contributed by atoms with E-state index in [9.17, 15) is 5.11 Å². The number of rotatable bonds is 7. The van der Waals surface area contributed by atoms with Gasteiger partial charge >= 0.3 is 0 Å². The first kappa shape index (κ1) is 16.4. The summed E-state index contributed by atoms with van der Waals surface area (Å²) < 4.78 is 0. The van der Waals surface area contributed by atoms with Crippen LogP contribution in [0.1, 0.15) is 44.1 Å². The Bertz CT molecular complexity index is 392. The summed E-state index contributed by atoms with van der Waals surface area (Å²) >= 11 is 0. The molecule has 0 saturated heterocycles. The van der Waals surface area contributed by atoms with Crippen molar-refractivity contribution < 1.29 is 5.11 Å². The summed E-state index contributed by atoms with van der Waals surface area (Å²) in [6.45, 7) is 1.05. The number of nitrogens with zero attached hydrogens (tertiary/aromatic N) is 1. The minimum atomic E-state index is -0.555. The number of hydrogen-bond acceptors (Lipinski definition) is 4. The Morgan fingerprint density at radius 3 is 2.48 bits per heavy atom. The van der Waals surface area contributed by atoms with Gasteiger partial charge in [0.05, 0.1) is 6.10 Å². The van der Waals surface area contributed by atoms with Gasteiger partial charge in [0.2, 0.25) is 0 Å². The molecule has 5 N–H and O–H groups in total. The van der Waals surface area contributed by atoms with Crippen LogP contribution < -0.4 is 11.6 Å². The molecule has 1 aliphatic rings. The SMILES string of the molecule is N[C@@H](CC1CCCCC1)[C@@H](O)CN(N)Cc1ccccc1. The van der Waals surface area contributed by atoms with Crippen LogP contribution in [0.2, 0.25) is 0 Å². The number of hydrazine groups is 1. The maximum Gasteiger partial charge on any atom is 0.0831 e. The molecule has 2 rings (SSSR count). The van der Waals surface area contributed by atoms with Crippen LogP contribution in [0.5, 0.6) is 0 Å². The minimum absolute atomic E-state index is 0.171. The quantitative estimate of drug-likeness (QED) is 0.531. The summed E-state index contributed by atoms with van der Waals surface area (Å²) in [6.07, 6.45) is 6.85. The van der Waals surface area contributed by atoms with E-state index in [4.69, 9.17) is 11.6 Å². The van der Waals surface area contributed by atoms with Crippen molar-refractivity contribution in [2.45, 2.75) is 57.2 Å². The topological polar surface area (TPSA) is 75.5 Å². The third-order valence-corrected chi connectivity index (χ3v) is 4.47. The first-order chi connectivity index (χ1) is 10.1. The molecule has 1 aliphatic carbocycles. The van der Waals surface area contributed by atoms with E-state index >= 15 is 0 Å². The molecule has 2 atom stereocenters. The lowest BCUT2D eigenvalue weighted by molar-refractivity contribution is 0.0775. The number of hydrogen-bond donors (Lipinski definition) is 3. The predicted octanol–water partition coefficient (Wildman–Crippen LogP) is 2.02. The molecular weight excluding hydrogens is 262 g/mol. The van der Waals surface area contributed by atoms with E-state index in [1.54, 1.807) is 5.01 Å². The van der Waals surface area contributed by atoms with Gasteiger partial charge in [-0.1, -0.05) is 62.4 Å². The summed E-state index contributed by atoms with van der Waals surface area (Å²) in [4.78, 5) is 0. The maximum absolute atomic E-state index is 10.3. The zero-order valence-electron chi connectivity index (χ0n) is 12.8. The van der Waals surface area contributed by atoms with Gasteiger partial charge in [0, 0.05) is 19.1 Å². The largest absolute Gasteiger partial charge is 0.390 e. The second-order valence-corrected chi connectivity index (χ2v) is 6.39. The lowest BCUT2D eigenvalue weighted by Gasteiger charge is -2.29. The number of aliphatic hydroxyl groups excluding tert-OH is 1. The molecule has 0 spiro atoms. The number of aliphatic hydroxyl groups is 1. The van der Waals surface area contributed by atoms with E-state index in [0.717, 1.165) is 12.0 Å². The first-order valence-electron chi connectivity index (χ1n) is 8.12. The van der Waals surface area contributed by atoms with Crippen LogP contribution in [-0.4, -0.2) is 28.8 Å². The normalized spacial score (nSPS) is 19.6. The van der Waals surface area contributed by atoms with Gasteiger partial charge in [-0.15, -0.1) is 0 Å². The van der Waals surface area contributed by atoms with Gasteiger partial charge in [-0.2, -0.15) is 0 Å². The molecule has 1 aromatic rings. The smallest absolute Gasteiger partial charge is 0.0831 e. The molecule has 4 nitrogen and oxygen atoms in total. The zero-order chi connectivity index (χ0) is 15.1. The predicted molar refractivity (Wildman–Crippen MR) is 86.2 cm³/mol. The van der Waals surface area contributed by atoms with Gasteiger partial charge in [0.25, 0.3) is 0 Å². The van der Waals surface area contributed by atoms with Gasteiger partial charge in [-0.25, -0.2) is 5.01 Å². The highest BCUT2D eigenvalue weighted by Crippen LogP contribution is 2.27. The van der Waals surface area contributed by atoms with Gasteiger partial charge in [-0.3, -0.25) is 5.84 Å². The van der Waals surface area contributed by atoms with Gasteiger partial charge < -0.3 is 10.8 Å². The average Bonchev–Trinajstić information content (AvgIpc) is 2.49. The lowest BCUT2D eigenvalue weighted by Crippen LogP contribution is -2.46. The summed E-state index contributed by atoms with van der Waals surface area (Å²) in [7, 11) is 0. The van der Waals surface area contributed by atoms with Crippen molar-refractivity contribution >= 4 is 0 Å². The molecule has 0 amide bonds. The Kier molecular flexibility index (Phi) is 6.64. The van der Waals surface area contributed by atoms with Gasteiger partial charge in [-0.05, 0) is 17.9 Å². The van der Waals surface area contributed by atoms with Crippen molar-refractivity contribution in [3.8, 4) is 0 Å². The van der Waals surface area contributed by atoms with Crippen molar-refractivity contribution in [1.29, 1.82) is 0 Å². The molecular formula is C17H29N3O. The molecule has 0 unspecified atom stereocenters. The molecule has 118 valence electrons. The van der Waals surface area contributed by atoms with E-state index in [0.29, 0.717) is 19.0 Å². The van der Waals surface area contributed by atoms with Crippen molar-refractivity contribution in [2.75, 3.05) is 6.54 Å². The second kappa shape index (κ2) is 8.49. The monoisotopic (exact) mass is 291 g/mol. The molecule has 0 bridgehead atoms. The highest BCUT2D eigenvalue weighted by atomic mass is 16.3. The first-order valence-corrected chi connectivity index (χ1v) is 8.12. The van der Waals surface area contributed by atoms with Crippen LogP contribution in [0.3, 0.4) is 0 Å². The van der Waals surface area contributed by atoms with Crippen LogP contribution >= 0.6 is 0 Å². The fraction of sp³-hybridized carbons (Fsp3) is 0.647. The van der Waals surface area contributed by atoms with Crippen LogP contribution in [0, 0.1) is 5.92 Å². The van der Waals surface area contributed by atoms with Crippen molar-refractivity contribution in [2.24, 2.45) is 17.5 Å². The van der Waals surface area contributed by atoms with E-state index in [-0.39, 0.29) is 6.04 Å². The fourth-order valence-corrected chi connectivity index (χ4v) is 3.22. The molecule has 1 saturated carbocycles. The Morgan fingerprint density at radius 1 is 1.14 bits per heavy atom. The van der Waals surface area contributed by atoms with Crippen molar-refractivity contribution in [1.82, 2.24) is 5.01 Å². The average molecular weight is 291 g/mol. The zero-order valence-corrected chi connectivity index (χ0v) is 12.8. The van der Waals surface area contributed by atoms with E-state index in [1.165, 1.54) is 32.1 Å². The number of nitrogens with two attached hydrogens (primary N) is 2. The molecule has 0 radical (unpaired) electrons. The summed E-state index contributed by atoms with van der Waals surface area (Å²) in [5.74, 6) is 6.68. The van der Waals surface area contributed by atoms with E-state index in [2.05, 4.69) is 0 Å². The van der Waals surface area contributed by atoms with Crippen LogP contribution in [-0.2, 0) is 6.54 Å². The molecule has 0 heterocycles. The van der Waals surface area contributed by atoms with Crippen LogP contribution in [0.4, 0.5) is 0 Å². The van der Waals surface area contributed by atoms with Crippen LogP contribution in [0.15, 0.2) is 30.3 Å². The van der Waals surface area contributed by atoms with E-state index in [1.807, 2.05) is 30.3 Å². The second-order valence-electron chi connectivity index (χ2n) is 6.39. The molecule has 1 aromatic carbocycles. The Morgan fingerprint density at radius 2 is 1.81 bits per heavy atom.